The van der Waals surface area contributed by atoms with E-state index < -0.39 is 23.6 Å². The maximum Gasteiger partial charge on any atom is 0.415 e. The molecule has 2 unspecified atom stereocenters. The van der Waals surface area contributed by atoms with Gasteiger partial charge in [0, 0.05) is 19.5 Å². The Kier molecular flexibility index (Phi) is 5.01. The lowest BCUT2D eigenvalue weighted by atomic mass is 9.91. The van der Waals surface area contributed by atoms with Gasteiger partial charge in [-0.15, -0.1) is 0 Å². The summed E-state index contributed by atoms with van der Waals surface area (Å²) in [5.41, 5.74) is 2.22. The molecule has 1 heterocycles. The summed E-state index contributed by atoms with van der Waals surface area (Å²) >= 11 is 0. The third-order valence-corrected chi connectivity index (χ3v) is 3.61. The maximum absolute atomic E-state index is 12.7. The van der Waals surface area contributed by atoms with E-state index in [1.807, 2.05) is 0 Å². The molecule has 0 aliphatic carbocycles. The molecular weight excluding hydrogens is 277 g/mol. The number of amides is 1. The minimum Gasteiger partial charge on any atom is -0.481 e. The van der Waals surface area contributed by atoms with Crippen LogP contribution in [0.1, 0.15) is 32.6 Å². The molecule has 0 bridgehead atoms. The van der Waals surface area contributed by atoms with Crippen LogP contribution >= 0.6 is 0 Å². The Hall–Kier alpha value is -1.31. The van der Waals surface area contributed by atoms with Crippen LogP contribution in [0.5, 0.6) is 0 Å². The fourth-order valence-corrected chi connectivity index (χ4v) is 2.26. The second kappa shape index (κ2) is 5.99. The van der Waals surface area contributed by atoms with Gasteiger partial charge in [-0.1, -0.05) is 0 Å². The predicted molar refractivity (Wildman–Crippen MR) is 64.8 cm³/mol. The van der Waals surface area contributed by atoms with Crippen LogP contribution in [-0.2, 0) is 9.59 Å². The molecule has 1 aliphatic rings. The molecule has 0 saturated carbocycles. The number of alkyl halides is 3. The van der Waals surface area contributed by atoms with Crippen molar-refractivity contribution in [2.45, 2.75) is 44.3 Å². The molecule has 1 amide bonds. The lowest BCUT2D eigenvalue weighted by Gasteiger charge is -2.38. The van der Waals surface area contributed by atoms with Crippen LogP contribution in [0.2, 0.25) is 0 Å². The number of nitrogens with two attached hydrogens (primary N) is 1. The minimum absolute atomic E-state index is 0.0497. The van der Waals surface area contributed by atoms with Gasteiger partial charge in [-0.05, 0) is 32.1 Å². The zero-order valence-corrected chi connectivity index (χ0v) is 11.2. The quantitative estimate of drug-likeness (QED) is 0.820. The molecule has 0 aromatic heterocycles. The van der Waals surface area contributed by atoms with E-state index in [1.165, 1.54) is 0 Å². The largest absolute Gasteiger partial charge is 0.481 e. The topological polar surface area (TPSA) is 83.6 Å². The summed E-state index contributed by atoms with van der Waals surface area (Å²) in [6.45, 7) is 1.02. The van der Waals surface area contributed by atoms with Crippen LogP contribution in [-0.4, -0.2) is 46.7 Å². The SMILES string of the molecule is CC(N)(C(=O)N1CCCC(CCC(=O)O)C1)C(F)(F)F. The van der Waals surface area contributed by atoms with E-state index in [1.54, 1.807) is 0 Å². The van der Waals surface area contributed by atoms with Crippen molar-refractivity contribution in [2.75, 3.05) is 13.1 Å². The smallest absolute Gasteiger partial charge is 0.415 e. The lowest BCUT2D eigenvalue weighted by molar-refractivity contribution is -0.194. The first-order valence-electron chi connectivity index (χ1n) is 6.42. The second-order valence-electron chi connectivity index (χ2n) is 5.39. The monoisotopic (exact) mass is 296 g/mol. The normalized spacial score (nSPS) is 23.2. The Labute approximate surface area is 114 Å². The second-order valence-corrected chi connectivity index (χ2v) is 5.39. The van der Waals surface area contributed by atoms with Gasteiger partial charge in [0.1, 0.15) is 0 Å². The van der Waals surface area contributed by atoms with Crippen molar-refractivity contribution in [3.05, 3.63) is 0 Å². The van der Waals surface area contributed by atoms with E-state index in [0.29, 0.717) is 26.2 Å². The Morgan fingerprint density at radius 1 is 1.40 bits per heavy atom. The number of carbonyl (C=O) groups excluding carboxylic acids is 1. The number of piperidine rings is 1. The summed E-state index contributed by atoms with van der Waals surface area (Å²) in [6, 6.07) is 0. The van der Waals surface area contributed by atoms with Crippen molar-refractivity contribution in [1.29, 1.82) is 0 Å². The average Bonchev–Trinajstić information content (AvgIpc) is 2.34. The summed E-state index contributed by atoms with van der Waals surface area (Å²) < 4.78 is 38.2. The Morgan fingerprint density at radius 2 is 2.00 bits per heavy atom. The van der Waals surface area contributed by atoms with Crippen molar-refractivity contribution in [2.24, 2.45) is 11.7 Å². The van der Waals surface area contributed by atoms with Crippen LogP contribution in [0, 0.1) is 5.92 Å². The highest BCUT2D eigenvalue weighted by Gasteiger charge is 2.55. The Morgan fingerprint density at radius 3 is 2.50 bits per heavy atom. The van der Waals surface area contributed by atoms with Gasteiger partial charge in [-0.3, -0.25) is 9.59 Å². The van der Waals surface area contributed by atoms with Crippen molar-refractivity contribution >= 4 is 11.9 Å². The number of hydrogen-bond donors (Lipinski definition) is 2. The number of likely N-dealkylation sites (tertiary alicyclic amines) is 1. The molecule has 8 heteroatoms. The number of carboxylic acid groups (broad SMARTS) is 1. The van der Waals surface area contributed by atoms with E-state index in [-0.39, 0.29) is 25.4 Å². The minimum atomic E-state index is -4.81. The number of aliphatic carboxylic acids is 1. The van der Waals surface area contributed by atoms with E-state index in [4.69, 9.17) is 10.8 Å². The molecule has 1 saturated heterocycles. The third kappa shape index (κ3) is 3.84. The number of halogens is 3. The van der Waals surface area contributed by atoms with Gasteiger partial charge in [0.15, 0.2) is 5.54 Å². The summed E-state index contributed by atoms with van der Waals surface area (Å²) in [4.78, 5) is 23.5. The highest BCUT2D eigenvalue weighted by molar-refractivity contribution is 5.86. The zero-order valence-electron chi connectivity index (χ0n) is 11.2. The molecule has 2 atom stereocenters. The number of carboxylic acids is 1. The molecule has 1 fully saturated rings. The van der Waals surface area contributed by atoms with Crippen LogP contribution in [0.25, 0.3) is 0 Å². The van der Waals surface area contributed by atoms with Gasteiger partial charge >= 0.3 is 12.1 Å². The molecule has 0 aromatic carbocycles. The van der Waals surface area contributed by atoms with Crippen LogP contribution in [0.4, 0.5) is 13.2 Å². The van der Waals surface area contributed by atoms with Crippen molar-refractivity contribution in [3.63, 3.8) is 0 Å². The molecule has 1 rings (SSSR count). The Bertz CT molecular complexity index is 383. The summed E-state index contributed by atoms with van der Waals surface area (Å²) in [6.07, 6.45) is -3.23. The van der Waals surface area contributed by atoms with Crippen LogP contribution in [0.15, 0.2) is 0 Å². The first kappa shape index (κ1) is 16.7. The van der Waals surface area contributed by atoms with E-state index in [9.17, 15) is 22.8 Å². The molecule has 0 spiro atoms. The van der Waals surface area contributed by atoms with Gasteiger partial charge in [0.05, 0.1) is 0 Å². The molecule has 0 radical (unpaired) electrons. The van der Waals surface area contributed by atoms with E-state index in [2.05, 4.69) is 0 Å². The highest BCUT2D eigenvalue weighted by Crippen LogP contribution is 2.31. The van der Waals surface area contributed by atoms with Gasteiger partial charge in [-0.2, -0.15) is 13.2 Å². The number of rotatable bonds is 4. The molecule has 0 aromatic rings. The number of carbonyl (C=O) groups is 2. The van der Waals surface area contributed by atoms with Gasteiger partial charge in [0.2, 0.25) is 0 Å². The summed E-state index contributed by atoms with van der Waals surface area (Å²) in [7, 11) is 0. The van der Waals surface area contributed by atoms with Crippen molar-refractivity contribution in [3.8, 4) is 0 Å². The van der Waals surface area contributed by atoms with Crippen LogP contribution in [0.3, 0.4) is 0 Å². The summed E-state index contributed by atoms with van der Waals surface area (Å²) in [5, 5.41) is 8.61. The highest BCUT2D eigenvalue weighted by atomic mass is 19.4. The molecule has 1 aliphatic heterocycles. The molecule has 116 valence electrons. The van der Waals surface area contributed by atoms with Gasteiger partial charge < -0.3 is 15.7 Å². The lowest BCUT2D eigenvalue weighted by Crippen LogP contribution is -2.63. The van der Waals surface area contributed by atoms with E-state index >= 15 is 0 Å². The fraction of sp³-hybridized carbons (Fsp3) is 0.833. The molecule has 5 nitrogen and oxygen atoms in total. The first-order valence-corrected chi connectivity index (χ1v) is 6.42. The Balaban J connectivity index is 2.67. The van der Waals surface area contributed by atoms with Gasteiger partial charge in [-0.25, -0.2) is 0 Å². The fourth-order valence-electron chi connectivity index (χ4n) is 2.26. The maximum atomic E-state index is 12.7. The average molecular weight is 296 g/mol. The van der Waals surface area contributed by atoms with Crippen molar-refractivity contribution < 1.29 is 27.9 Å². The molecule has 3 N–H and O–H groups in total. The zero-order chi connectivity index (χ0) is 15.6. The number of hydrogen-bond acceptors (Lipinski definition) is 3. The van der Waals surface area contributed by atoms with Crippen LogP contribution < -0.4 is 5.73 Å². The third-order valence-electron chi connectivity index (χ3n) is 3.61. The standard InChI is InChI=1S/C12H19F3N2O3/c1-11(16,12(13,14)15)10(20)17-6-2-3-8(7-17)4-5-9(18)19/h8H,2-7,16H2,1H3,(H,18,19). The summed E-state index contributed by atoms with van der Waals surface area (Å²) in [5.74, 6) is -2.19. The first-order chi connectivity index (χ1) is 9.05. The van der Waals surface area contributed by atoms with Crippen molar-refractivity contribution in [1.82, 2.24) is 4.90 Å². The predicted octanol–water partition coefficient (Wildman–Crippen LogP) is 1.37. The van der Waals surface area contributed by atoms with Gasteiger partial charge in [0.25, 0.3) is 5.91 Å². The molecule has 20 heavy (non-hydrogen) atoms. The van der Waals surface area contributed by atoms with E-state index in [0.717, 1.165) is 4.90 Å². The molecular formula is C12H19F3N2O3. The number of nitrogens with zero attached hydrogens (tertiary/aromatic N) is 1.